The fourth-order valence-electron chi connectivity index (χ4n) is 2.00. The van der Waals surface area contributed by atoms with Gasteiger partial charge in [0.25, 0.3) is 0 Å². The summed E-state index contributed by atoms with van der Waals surface area (Å²) in [6.07, 6.45) is 3.78. The van der Waals surface area contributed by atoms with E-state index in [1.807, 2.05) is 31.5 Å². The average molecular weight is 338 g/mol. The van der Waals surface area contributed by atoms with Gasteiger partial charge in [-0.15, -0.1) is 0 Å². The number of ether oxygens (including phenoxy) is 1. The largest absolute Gasteiger partial charge is 0.490 e. The van der Waals surface area contributed by atoms with E-state index in [1.165, 1.54) is 5.56 Å². The van der Waals surface area contributed by atoms with E-state index in [4.69, 9.17) is 4.74 Å². The molecule has 0 saturated heterocycles. The summed E-state index contributed by atoms with van der Waals surface area (Å²) in [6, 6.07) is 6.13. The summed E-state index contributed by atoms with van der Waals surface area (Å²) in [6.45, 7) is 7.28. The molecule has 0 amide bonds. The van der Waals surface area contributed by atoms with E-state index >= 15 is 0 Å². The van der Waals surface area contributed by atoms with Gasteiger partial charge in [0.1, 0.15) is 18.2 Å². The maximum absolute atomic E-state index is 5.96. The van der Waals surface area contributed by atoms with Crippen LogP contribution in [0.15, 0.2) is 35.1 Å². The zero-order chi connectivity index (χ0) is 14.4. The lowest BCUT2D eigenvalue weighted by Gasteiger charge is -2.14. The minimum Gasteiger partial charge on any atom is -0.490 e. The number of halogens is 1. The van der Waals surface area contributed by atoms with Gasteiger partial charge in [0.2, 0.25) is 0 Å². The third-order valence-electron chi connectivity index (χ3n) is 3.12. The first kappa shape index (κ1) is 15.1. The van der Waals surface area contributed by atoms with Crippen LogP contribution in [0.1, 0.15) is 18.3 Å². The molecule has 20 heavy (non-hydrogen) atoms. The van der Waals surface area contributed by atoms with E-state index in [0.717, 1.165) is 35.7 Å². The van der Waals surface area contributed by atoms with Crippen LogP contribution in [0.4, 0.5) is 0 Å². The van der Waals surface area contributed by atoms with Crippen molar-refractivity contribution in [3.8, 4) is 5.75 Å². The molecular formula is C15H20BrN3O. The summed E-state index contributed by atoms with van der Waals surface area (Å²) in [7, 11) is 0. The number of imidazole rings is 1. The fourth-order valence-corrected chi connectivity index (χ4v) is 2.52. The Balaban J connectivity index is 1.99. The predicted octanol–water partition coefficient (Wildman–Crippen LogP) is 3.14. The van der Waals surface area contributed by atoms with Crippen LogP contribution in [-0.2, 0) is 13.1 Å². The first-order valence-corrected chi connectivity index (χ1v) is 7.60. The van der Waals surface area contributed by atoms with Crippen molar-refractivity contribution in [2.24, 2.45) is 0 Å². The van der Waals surface area contributed by atoms with Crippen LogP contribution in [0.25, 0.3) is 0 Å². The topological polar surface area (TPSA) is 39.1 Å². The Labute approximate surface area is 128 Å². The van der Waals surface area contributed by atoms with E-state index < -0.39 is 0 Å². The molecule has 0 bridgehead atoms. The molecule has 2 rings (SSSR count). The van der Waals surface area contributed by atoms with Crippen molar-refractivity contribution in [1.82, 2.24) is 14.9 Å². The van der Waals surface area contributed by atoms with Crippen molar-refractivity contribution in [2.75, 3.05) is 13.2 Å². The number of aromatic nitrogens is 2. The van der Waals surface area contributed by atoms with E-state index in [1.54, 1.807) is 0 Å². The molecule has 0 aliphatic heterocycles. The molecular weight excluding hydrogens is 318 g/mol. The highest BCUT2D eigenvalue weighted by molar-refractivity contribution is 9.10. The van der Waals surface area contributed by atoms with Crippen molar-refractivity contribution < 1.29 is 4.74 Å². The van der Waals surface area contributed by atoms with E-state index in [2.05, 4.69) is 43.8 Å². The maximum Gasteiger partial charge on any atom is 0.138 e. The molecule has 0 radical (unpaired) electrons. The van der Waals surface area contributed by atoms with E-state index in [9.17, 15) is 0 Å². The predicted molar refractivity (Wildman–Crippen MR) is 84.0 cm³/mol. The van der Waals surface area contributed by atoms with Crippen molar-refractivity contribution in [2.45, 2.75) is 26.9 Å². The number of benzene rings is 1. The maximum atomic E-state index is 5.96. The summed E-state index contributed by atoms with van der Waals surface area (Å²) in [5.41, 5.74) is 1.17. The molecule has 0 aliphatic carbocycles. The highest BCUT2D eigenvalue weighted by Crippen LogP contribution is 2.29. The van der Waals surface area contributed by atoms with Crippen molar-refractivity contribution in [3.05, 3.63) is 46.5 Å². The van der Waals surface area contributed by atoms with Crippen LogP contribution in [0, 0.1) is 6.92 Å². The molecule has 0 fully saturated rings. The molecule has 1 aromatic carbocycles. The van der Waals surface area contributed by atoms with Gasteiger partial charge in [0.15, 0.2) is 0 Å². The van der Waals surface area contributed by atoms with Gasteiger partial charge in [-0.3, -0.25) is 0 Å². The quantitative estimate of drug-likeness (QED) is 0.843. The zero-order valence-corrected chi connectivity index (χ0v) is 13.5. The molecule has 2 aromatic rings. The van der Waals surface area contributed by atoms with Crippen molar-refractivity contribution in [1.29, 1.82) is 0 Å². The van der Waals surface area contributed by atoms with Gasteiger partial charge in [-0.2, -0.15) is 0 Å². The van der Waals surface area contributed by atoms with Gasteiger partial charge in [-0.05, 0) is 35.5 Å². The molecule has 1 N–H and O–H groups in total. The van der Waals surface area contributed by atoms with Crippen LogP contribution < -0.4 is 10.1 Å². The third-order valence-corrected chi connectivity index (χ3v) is 3.74. The van der Waals surface area contributed by atoms with Crippen LogP contribution in [0.3, 0.4) is 0 Å². The van der Waals surface area contributed by atoms with Gasteiger partial charge in [0, 0.05) is 24.5 Å². The number of hydrogen-bond acceptors (Lipinski definition) is 3. The third kappa shape index (κ3) is 3.84. The molecule has 0 saturated carbocycles. The molecule has 5 heteroatoms. The number of hydrogen-bond donors (Lipinski definition) is 1. The molecule has 0 spiro atoms. The van der Waals surface area contributed by atoms with Crippen molar-refractivity contribution >= 4 is 15.9 Å². The monoisotopic (exact) mass is 337 g/mol. The second-order valence-corrected chi connectivity index (χ2v) is 5.38. The summed E-state index contributed by atoms with van der Waals surface area (Å²) >= 11 is 3.56. The minimum absolute atomic E-state index is 0.624. The molecule has 1 aromatic heterocycles. The van der Waals surface area contributed by atoms with Crippen LogP contribution >= 0.6 is 15.9 Å². The number of nitrogens with one attached hydrogen (secondary N) is 1. The number of rotatable bonds is 7. The molecule has 0 atom stereocenters. The first-order valence-electron chi connectivity index (χ1n) is 6.81. The second kappa shape index (κ2) is 7.45. The molecule has 0 aliphatic rings. The Kier molecular flexibility index (Phi) is 5.61. The highest BCUT2D eigenvalue weighted by Gasteiger charge is 2.08. The SMILES string of the molecule is CCNCc1cccc(Br)c1OCCn1ccnc1C. The van der Waals surface area contributed by atoms with Crippen molar-refractivity contribution in [3.63, 3.8) is 0 Å². The Morgan fingerprint density at radius 1 is 1.40 bits per heavy atom. The Hall–Kier alpha value is -1.33. The zero-order valence-electron chi connectivity index (χ0n) is 11.9. The summed E-state index contributed by atoms with van der Waals surface area (Å²) in [5.74, 6) is 1.93. The van der Waals surface area contributed by atoms with Crippen LogP contribution in [-0.4, -0.2) is 22.7 Å². The van der Waals surface area contributed by atoms with Gasteiger partial charge in [-0.1, -0.05) is 19.1 Å². The van der Waals surface area contributed by atoms with E-state index in [-0.39, 0.29) is 0 Å². The van der Waals surface area contributed by atoms with E-state index in [0.29, 0.717) is 6.61 Å². The van der Waals surface area contributed by atoms with Gasteiger partial charge >= 0.3 is 0 Å². The van der Waals surface area contributed by atoms with Gasteiger partial charge in [-0.25, -0.2) is 4.98 Å². The number of nitrogens with zero attached hydrogens (tertiary/aromatic N) is 2. The highest BCUT2D eigenvalue weighted by atomic mass is 79.9. The van der Waals surface area contributed by atoms with Gasteiger partial charge < -0.3 is 14.6 Å². The minimum atomic E-state index is 0.624. The molecule has 108 valence electrons. The Morgan fingerprint density at radius 3 is 2.95 bits per heavy atom. The standard InChI is InChI=1S/C15H20BrN3O/c1-3-17-11-13-5-4-6-14(16)15(13)20-10-9-19-8-7-18-12(19)2/h4-8,17H,3,9-11H2,1-2H3. The summed E-state index contributed by atoms with van der Waals surface area (Å²) in [4.78, 5) is 4.21. The summed E-state index contributed by atoms with van der Waals surface area (Å²) in [5, 5.41) is 3.33. The lowest BCUT2D eigenvalue weighted by atomic mass is 10.2. The van der Waals surface area contributed by atoms with Crippen LogP contribution in [0.5, 0.6) is 5.75 Å². The Bertz CT molecular complexity index is 554. The first-order chi connectivity index (χ1) is 9.72. The lowest BCUT2D eigenvalue weighted by molar-refractivity contribution is 0.292. The molecule has 1 heterocycles. The second-order valence-electron chi connectivity index (χ2n) is 4.52. The summed E-state index contributed by atoms with van der Waals surface area (Å²) < 4.78 is 9.04. The Morgan fingerprint density at radius 2 is 2.25 bits per heavy atom. The molecule has 4 nitrogen and oxygen atoms in total. The number of para-hydroxylation sites is 1. The fraction of sp³-hybridized carbons (Fsp3) is 0.400. The lowest BCUT2D eigenvalue weighted by Crippen LogP contribution is -2.14. The van der Waals surface area contributed by atoms with Crippen LogP contribution in [0.2, 0.25) is 0 Å². The normalized spacial score (nSPS) is 10.8. The van der Waals surface area contributed by atoms with Gasteiger partial charge in [0.05, 0.1) is 11.0 Å². The molecule has 0 unspecified atom stereocenters. The average Bonchev–Trinajstić information content (AvgIpc) is 2.84. The smallest absolute Gasteiger partial charge is 0.138 e. The number of aryl methyl sites for hydroxylation is 1.